The number of rotatable bonds is 0. The number of nitrogens with one attached hydrogen (secondary N) is 1. The van der Waals surface area contributed by atoms with Crippen LogP contribution in [-0.4, -0.2) is 4.98 Å². The van der Waals surface area contributed by atoms with E-state index in [9.17, 15) is 0 Å². The highest BCUT2D eigenvalue weighted by Gasteiger charge is 1.99. The van der Waals surface area contributed by atoms with E-state index in [1.165, 1.54) is 0 Å². The summed E-state index contributed by atoms with van der Waals surface area (Å²) in [5, 5.41) is 1.92. The van der Waals surface area contributed by atoms with E-state index in [-0.39, 0.29) is 0 Å². The number of H-pyrrole nitrogens is 1. The van der Waals surface area contributed by atoms with E-state index in [1.54, 1.807) is 0 Å². The third-order valence-electron chi connectivity index (χ3n) is 1.75. The van der Waals surface area contributed by atoms with Crippen LogP contribution >= 0.6 is 11.6 Å². The van der Waals surface area contributed by atoms with Gasteiger partial charge in [0.2, 0.25) is 0 Å². The monoisotopic (exact) mass is 195 g/mol. The molecule has 2 heteroatoms. The van der Waals surface area contributed by atoms with Crippen molar-refractivity contribution in [3.63, 3.8) is 0 Å². The van der Waals surface area contributed by atoms with Crippen molar-refractivity contribution in [2.75, 3.05) is 0 Å². The lowest BCUT2D eigenvalue weighted by molar-refractivity contribution is 1.30. The highest BCUT2D eigenvalue weighted by molar-refractivity contribution is 6.35. The predicted octanol–water partition coefficient (Wildman–Crippen LogP) is 4.16. The molecule has 0 aliphatic heterocycles. The summed E-state index contributed by atoms with van der Waals surface area (Å²) in [5.41, 5.74) is 2.25. The molecule has 0 bridgehead atoms. The van der Waals surface area contributed by atoms with Gasteiger partial charge in [-0.15, -0.1) is 0 Å². The van der Waals surface area contributed by atoms with E-state index in [2.05, 4.69) is 11.1 Å². The first-order chi connectivity index (χ1) is 6.27. The molecule has 1 nitrogen and oxygen atoms in total. The van der Waals surface area contributed by atoms with Crippen LogP contribution in [0.1, 0.15) is 19.5 Å². The third kappa shape index (κ3) is 2.04. The first-order valence-electron chi connectivity index (χ1n) is 4.51. The zero-order valence-electron chi connectivity index (χ0n) is 8.19. The van der Waals surface area contributed by atoms with Gasteiger partial charge in [-0.3, -0.25) is 0 Å². The lowest BCUT2D eigenvalue weighted by Crippen LogP contribution is -1.67. The maximum atomic E-state index is 5.95. The van der Waals surface area contributed by atoms with E-state index in [0.717, 1.165) is 21.6 Å². The zero-order chi connectivity index (χ0) is 9.84. The number of hydrogen-bond acceptors (Lipinski definition) is 0. The number of halogens is 1. The maximum absolute atomic E-state index is 5.95. The SMILES string of the molecule is CC.Cc1cc2c(Cl)cccc2[nH]1. The van der Waals surface area contributed by atoms with Crippen molar-refractivity contribution in [1.82, 2.24) is 4.98 Å². The Balaban J connectivity index is 0.000000396. The van der Waals surface area contributed by atoms with Crippen LogP contribution in [0.25, 0.3) is 10.9 Å². The van der Waals surface area contributed by atoms with Gasteiger partial charge in [-0.05, 0) is 25.1 Å². The van der Waals surface area contributed by atoms with Gasteiger partial charge in [-0.25, -0.2) is 0 Å². The minimum atomic E-state index is 0.812. The Hall–Kier alpha value is -0.950. The average molecular weight is 196 g/mol. The third-order valence-corrected chi connectivity index (χ3v) is 2.08. The van der Waals surface area contributed by atoms with E-state index in [1.807, 2.05) is 39.0 Å². The van der Waals surface area contributed by atoms with Crippen LogP contribution in [0.2, 0.25) is 5.02 Å². The number of aromatic amines is 1. The van der Waals surface area contributed by atoms with Gasteiger partial charge < -0.3 is 4.98 Å². The summed E-state index contributed by atoms with van der Waals surface area (Å²) in [4.78, 5) is 3.21. The number of aryl methyl sites for hydroxylation is 1. The van der Waals surface area contributed by atoms with E-state index in [0.29, 0.717) is 0 Å². The molecule has 0 fully saturated rings. The van der Waals surface area contributed by atoms with Crippen LogP contribution in [0.4, 0.5) is 0 Å². The number of benzene rings is 1. The minimum Gasteiger partial charge on any atom is -0.359 e. The molecule has 0 aliphatic carbocycles. The molecule has 13 heavy (non-hydrogen) atoms. The standard InChI is InChI=1S/C9H8ClN.C2H6/c1-6-5-7-8(10)3-2-4-9(7)11-6;1-2/h2-5,11H,1H3;1-2H3. The highest BCUT2D eigenvalue weighted by atomic mass is 35.5. The summed E-state index contributed by atoms with van der Waals surface area (Å²) in [5.74, 6) is 0. The fourth-order valence-corrected chi connectivity index (χ4v) is 1.49. The summed E-state index contributed by atoms with van der Waals surface area (Å²) >= 11 is 5.95. The Morgan fingerprint density at radius 1 is 1.23 bits per heavy atom. The van der Waals surface area contributed by atoms with Crippen molar-refractivity contribution in [1.29, 1.82) is 0 Å². The molecule has 0 radical (unpaired) electrons. The van der Waals surface area contributed by atoms with Gasteiger partial charge >= 0.3 is 0 Å². The van der Waals surface area contributed by atoms with Gasteiger partial charge in [-0.2, -0.15) is 0 Å². The molecule has 0 saturated carbocycles. The summed E-state index contributed by atoms with van der Waals surface area (Å²) in [7, 11) is 0. The van der Waals surface area contributed by atoms with E-state index in [4.69, 9.17) is 11.6 Å². The molecule has 0 spiro atoms. The van der Waals surface area contributed by atoms with Crippen molar-refractivity contribution < 1.29 is 0 Å². The molecule has 1 N–H and O–H groups in total. The maximum Gasteiger partial charge on any atom is 0.0499 e. The summed E-state index contributed by atoms with van der Waals surface area (Å²) < 4.78 is 0. The van der Waals surface area contributed by atoms with Crippen molar-refractivity contribution in [2.45, 2.75) is 20.8 Å². The predicted molar refractivity (Wildman–Crippen MR) is 59.4 cm³/mol. The van der Waals surface area contributed by atoms with Crippen LogP contribution in [0.5, 0.6) is 0 Å². The van der Waals surface area contributed by atoms with Gasteiger partial charge in [0.15, 0.2) is 0 Å². The lowest BCUT2D eigenvalue weighted by atomic mass is 10.2. The van der Waals surface area contributed by atoms with Gasteiger partial charge in [-0.1, -0.05) is 31.5 Å². The lowest BCUT2D eigenvalue weighted by Gasteiger charge is -1.89. The van der Waals surface area contributed by atoms with Crippen LogP contribution < -0.4 is 0 Å². The molecule has 0 aliphatic rings. The van der Waals surface area contributed by atoms with Crippen LogP contribution in [0, 0.1) is 6.92 Å². The fourth-order valence-electron chi connectivity index (χ4n) is 1.26. The molecule has 2 rings (SSSR count). The molecule has 1 aromatic carbocycles. The summed E-state index contributed by atoms with van der Waals surface area (Å²) in [6.45, 7) is 6.02. The topological polar surface area (TPSA) is 15.8 Å². The highest BCUT2D eigenvalue weighted by Crippen LogP contribution is 2.23. The number of aromatic nitrogens is 1. The largest absolute Gasteiger partial charge is 0.359 e. The van der Waals surface area contributed by atoms with Crippen molar-refractivity contribution in [2.24, 2.45) is 0 Å². The minimum absolute atomic E-state index is 0.812. The molecule has 2 aromatic rings. The quantitative estimate of drug-likeness (QED) is 0.650. The fraction of sp³-hybridized carbons (Fsp3) is 0.273. The van der Waals surface area contributed by atoms with Gasteiger partial charge in [0.25, 0.3) is 0 Å². The molecule has 70 valence electrons. The normalized spacial score (nSPS) is 9.54. The van der Waals surface area contributed by atoms with Crippen molar-refractivity contribution in [3.8, 4) is 0 Å². The van der Waals surface area contributed by atoms with Gasteiger partial charge in [0, 0.05) is 21.6 Å². The smallest absolute Gasteiger partial charge is 0.0499 e. The summed E-state index contributed by atoms with van der Waals surface area (Å²) in [6.07, 6.45) is 0. The van der Waals surface area contributed by atoms with Crippen molar-refractivity contribution in [3.05, 3.63) is 35.0 Å². The molecule has 0 saturated heterocycles. The Bertz CT molecular complexity index is 390. The second-order valence-corrected chi connectivity index (χ2v) is 3.06. The first-order valence-corrected chi connectivity index (χ1v) is 4.89. The van der Waals surface area contributed by atoms with E-state index >= 15 is 0 Å². The van der Waals surface area contributed by atoms with Crippen molar-refractivity contribution >= 4 is 22.5 Å². The van der Waals surface area contributed by atoms with Crippen LogP contribution in [0.15, 0.2) is 24.3 Å². The van der Waals surface area contributed by atoms with E-state index < -0.39 is 0 Å². The van der Waals surface area contributed by atoms with Crippen LogP contribution in [0.3, 0.4) is 0 Å². The van der Waals surface area contributed by atoms with Gasteiger partial charge in [0.05, 0.1) is 0 Å². The molecule has 0 atom stereocenters. The Labute approximate surface area is 83.7 Å². The summed E-state index contributed by atoms with van der Waals surface area (Å²) in [6, 6.07) is 7.92. The Morgan fingerprint density at radius 2 is 1.92 bits per heavy atom. The van der Waals surface area contributed by atoms with Gasteiger partial charge in [0.1, 0.15) is 0 Å². The van der Waals surface area contributed by atoms with Crippen LogP contribution in [-0.2, 0) is 0 Å². The Kier molecular flexibility index (Phi) is 3.38. The number of fused-ring (bicyclic) bond motifs is 1. The second kappa shape index (κ2) is 4.33. The second-order valence-electron chi connectivity index (χ2n) is 2.65. The zero-order valence-corrected chi connectivity index (χ0v) is 8.94. The molecular formula is C11H14ClN. The Morgan fingerprint density at radius 3 is 2.54 bits per heavy atom. The molecular weight excluding hydrogens is 182 g/mol. The number of hydrogen-bond donors (Lipinski definition) is 1. The average Bonchev–Trinajstić information content (AvgIpc) is 2.51. The molecule has 1 heterocycles. The first kappa shape index (κ1) is 10.1. The molecule has 1 aromatic heterocycles. The molecule has 0 amide bonds. The molecule has 0 unspecified atom stereocenters.